The van der Waals surface area contributed by atoms with Gasteiger partial charge in [-0.05, 0) is 18.2 Å². The molecule has 2 heterocycles. The van der Waals surface area contributed by atoms with Gasteiger partial charge in [0.25, 0.3) is 0 Å². The number of anilines is 1. The minimum absolute atomic E-state index is 0.104. The summed E-state index contributed by atoms with van der Waals surface area (Å²) in [5, 5.41) is 22.4. The summed E-state index contributed by atoms with van der Waals surface area (Å²) in [6, 6.07) is 5.56. The van der Waals surface area contributed by atoms with Crippen molar-refractivity contribution in [2.75, 3.05) is 5.32 Å². The number of pyridine rings is 2. The van der Waals surface area contributed by atoms with E-state index in [-0.39, 0.29) is 23.6 Å². The Balaban J connectivity index is 2.15. The Morgan fingerprint density at radius 3 is 2.85 bits per heavy atom. The molecule has 2 N–H and O–H groups in total. The van der Waals surface area contributed by atoms with Gasteiger partial charge in [0.15, 0.2) is 0 Å². The van der Waals surface area contributed by atoms with Gasteiger partial charge in [-0.1, -0.05) is 0 Å². The number of hydrogen-bond acceptors (Lipinski definition) is 6. The number of nitrogens with one attached hydrogen (secondary N) is 1. The molecule has 8 nitrogen and oxygen atoms in total. The standard InChI is InChI=1S/C12H10N4O4/c17-12(18)8-3-5-13-9(6-8)7-15-11-10(16(19)20)2-1-4-14-11/h1-6H,7H2,(H,14,15)(H,17,18). The summed E-state index contributed by atoms with van der Waals surface area (Å²) in [5.41, 5.74) is 0.402. The highest BCUT2D eigenvalue weighted by atomic mass is 16.6. The number of hydrogen-bond donors (Lipinski definition) is 2. The SMILES string of the molecule is O=C(O)c1ccnc(CNc2ncccc2[N+](=O)[O-])c1. The van der Waals surface area contributed by atoms with Crippen LogP contribution in [0.3, 0.4) is 0 Å². The maximum atomic E-state index is 10.8. The van der Waals surface area contributed by atoms with Crippen LogP contribution in [0.25, 0.3) is 0 Å². The van der Waals surface area contributed by atoms with Gasteiger partial charge in [-0.3, -0.25) is 15.1 Å². The number of carbonyl (C=O) groups is 1. The maximum Gasteiger partial charge on any atom is 0.335 e. The zero-order valence-corrected chi connectivity index (χ0v) is 10.2. The van der Waals surface area contributed by atoms with Crippen LogP contribution in [0.4, 0.5) is 11.5 Å². The maximum absolute atomic E-state index is 10.8. The summed E-state index contributed by atoms with van der Waals surface area (Å²) in [4.78, 5) is 28.9. The van der Waals surface area contributed by atoms with Crippen LogP contribution >= 0.6 is 0 Å². The molecule has 0 bridgehead atoms. The summed E-state index contributed by atoms with van der Waals surface area (Å²) in [5.74, 6) is -0.947. The predicted octanol–water partition coefficient (Wildman–Crippen LogP) is 1.70. The van der Waals surface area contributed by atoms with Crippen LogP contribution in [-0.4, -0.2) is 26.0 Å². The second-order valence-corrected chi connectivity index (χ2v) is 3.82. The van der Waals surface area contributed by atoms with Gasteiger partial charge in [0.05, 0.1) is 22.7 Å². The highest BCUT2D eigenvalue weighted by molar-refractivity contribution is 5.87. The number of nitro groups is 1. The van der Waals surface area contributed by atoms with Crippen molar-refractivity contribution in [2.24, 2.45) is 0 Å². The third-order valence-corrected chi connectivity index (χ3v) is 2.48. The Kier molecular flexibility index (Phi) is 3.85. The zero-order chi connectivity index (χ0) is 14.5. The van der Waals surface area contributed by atoms with E-state index in [4.69, 9.17) is 5.11 Å². The molecule has 0 saturated carbocycles. The van der Waals surface area contributed by atoms with Crippen molar-refractivity contribution in [1.82, 2.24) is 9.97 Å². The van der Waals surface area contributed by atoms with Crippen LogP contribution in [0.5, 0.6) is 0 Å². The largest absolute Gasteiger partial charge is 0.478 e. The van der Waals surface area contributed by atoms with E-state index in [1.165, 1.54) is 36.7 Å². The fourth-order valence-electron chi connectivity index (χ4n) is 1.56. The van der Waals surface area contributed by atoms with E-state index in [0.717, 1.165) is 0 Å². The molecule has 0 atom stereocenters. The van der Waals surface area contributed by atoms with E-state index in [1.54, 1.807) is 0 Å². The molecule has 0 spiro atoms. The Morgan fingerprint density at radius 1 is 1.35 bits per heavy atom. The molecule has 0 unspecified atom stereocenters. The van der Waals surface area contributed by atoms with Crippen molar-refractivity contribution in [3.05, 3.63) is 58.0 Å². The molecule has 102 valence electrons. The van der Waals surface area contributed by atoms with E-state index >= 15 is 0 Å². The Labute approximate surface area is 113 Å². The van der Waals surface area contributed by atoms with E-state index in [1.807, 2.05) is 0 Å². The van der Waals surface area contributed by atoms with Crippen molar-refractivity contribution in [1.29, 1.82) is 0 Å². The molecule has 8 heteroatoms. The van der Waals surface area contributed by atoms with Crippen LogP contribution < -0.4 is 5.32 Å². The molecule has 20 heavy (non-hydrogen) atoms. The predicted molar refractivity (Wildman–Crippen MR) is 69.4 cm³/mol. The van der Waals surface area contributed by atoms with Crippen molar-refractivity contribution >= 4 is 17.5 Å². The Morgan fingerprint density at radius 2 is 2.15 bits per heavy atom. The molecule has 0 aliphatic carbocycles. The number of carboxylic acids is 1. The number of aromatic nitrogens is 2. The zero-order valence-electron chi connectivity index (χ0n) is 10.2. The summed E-state index contributed by atoms with van der Waals surface area (Å²) < 4.78 is 0. The van der Waals surface area contributed by atoms with Gasteiger partial charge in [0, 0.05) is 18.5 Å². The third-order valence-electron chi connectivity index (χ3n) is 2.48. The quantitative estimate of drug-likeness (QED) is 0.629. The van der Waals surface area contributed by atoms with Crippen molar-refractivity contribution in [3.63, 3.8) is 0 Å². The molecule has 0 aliphatic rings. The first kappa shape index (κ1) is 13.4. The molecule has 0 aromatic carbocycles. The second-order valence-electron chi connectivity index (χ2n) is 3.82. The van der Waals surface area contributed by atoms with Crippen LogP contribution in [0.2, 0.25) is 0 Å². The normalized spacial score (nSPS) is 10.0. The second kappa shape index (κ2) is 5.74. The molecule has 0 amide bonds. The van der Waals surface area contributed by atoms with Gasteiger partial charge < -0.3 is 10.4 Å². The average molecular weight is 274 g/mol. The number of nitrogens with zero attached hydrogens (tertiary/aromatic N) is 3. The summed E-state index contributed by atoms with van der Waals surface area (Å²) in [6.07, 6.45) is 2.80. The molecule has 2 aromatic heterocycles. The van der Waals surface area contributed by atoms with Crippen molar-refractivity contribution < 1.29 is 14.8 Å². The molecule has 0 saturated heterocycles. The van der Waals surface area contributed by atoms with Crippen molar-refractivity contribution in [2.45, 2.75) is 6.54 Å². The first-order chi connectivity index (χ1) is 9.58. The van der Waals surface area contributed by atoms with Crippen LogP contribution in [0.1, 0.15) is 16.1 Å². The van der Waals surface area contributed by atoms with E-state index in [2.05, 4.69) is 15.3 Å². The lowest BCUT2D eigenvalue weighted by molar-refractivity contribution is -0.384. The van der Waals surface area contributed by atoms with Gasteiger partial charge in [-0.2, -0.15) is 0 Å². The third kappa shape index (κ3) is 3.05. The van der Waals surface area contributed by atoms with Gasteiger partial charge in [-0.15, -0.1) is 0 Å². The fraction of sp³-hybridized carbons (Fsp3) is 0.0833. The van der Waals surface area contributed by atoms with Gasteiger partial charge >= 0.3 is 11.7 Å². The molecule has 0 radical (unpaired) electrons. The monoisotopic (exact) mass is 274 g/mol. The summed E-state index contributed by atoms with van der Waals surface area (Å²) in [7, 11) is 0. The first-order valence-corrected chi connectivity index (χ1v) is 5.59. The summed E-state index contributed by atoms with van der Waals surface area (Å²) in [6.45, 7) is 0.138. The van der Waals surface area contributed by atoms with Crippen LogP contribution in [0, 0.1) is 10.1 Å². The topological polar surface area (TPSA) is 118 Å². The molecule has 0 fully saturated rings. The number of carboxylic acid groups (broad SMARTS) is 1. The van der Waals surface area contributed by atoms with Crippen LogP contribution in [-0.2, 0) is 6.54 Å². The highest BCUT2D eigenvalue weighted by Gasteiger charge is 2.13. The van der Waals surface area contributed by atoms with E-state index < -0.39 is 10.9 Å². The Bertz CT molecular complexity index is 659. The minimum atomic E-state index is -1.06. The number of aromatic carboxylic acids is 1. The lowest BCUT2D eigenvalue weighted by Gasteiger charge is -2.05. The molecule has 2 rings (SSSR count). The molecular formula is C12H10N4O4. The Hall–Kier alpha value is -3.03. The highest BCUT2D eigenvalue weighted by Crippen LogP contribution is 2.20. The minimum Gasteiger partial charge on any atom is -0.478 e. The van der Waals surface area contributed by atoms with E-state index in [9.17, 15) is 14.9 Å². The smallest absolute Gasteiger partial charge is 0.335 e. The lowest BCUT2D eigenvalue weighted by Crippen LogP contribution is -2.07. The van der Waals surface area contributed by atoms with E-state index in [0.29, 0.717) is 5.69 Å². The van der Waals surface area contributed by atoms with Gasteiger partial charge in [0.1, 0.15) is 0 Å². The fourth-order valence-corrected chi connectivity index (χ4v) is 1.56. The molecular weight excluding hydrogens is 264 g/mol. The lowest BCUT2D eigenvalue weighted by atomic mass is 10.2. The van der Waals surface area contributed by atoms with Crippen molar-refractivity contribution in [3.8, 4) is 0 Å². The average Bonchev–Trinajstić information content (AvgIpc) is 2.45. The van der Waals surface area contributed by atoms with Crippen LogP contribution in [0.15, 0.2) is 36.7 Å². The molecule has 2 aromatic rings. The first-order valence-electron chi connectivity index (χ1n) is 5.59. The van der Waals surface area contributed by atoms with Gasteiger partial charge in [-0.25, -0.2) is 9.78 Å². The molecule has 0 aliphatic heterocycles. The summed E-state index contributed by atoms with van der Waals surface area (Å²) >= 11 is 0. The number of rotatable bonds is 5. The van der Waals surface area contributed by atoms with Gasteiger partial charge in [0.2, 0.25) is 5.82 Å².